The first-order chi connectivity index (χ1) is 8.97. The summed E-state index contributed by atoms with van der Waals surface area (Å²) in [5.74, 6) is 0. The van der Waals surface area contributed by atoms with Crippen LogP contribution in [0.4, 0.5) is 13.2 Å². The summed E-state index contributed by atoms with van der Waals surface area (Å²) < 4.78 is 37.4. The zero-order valence-electron chi connectivity index (χ0n) is 10.2. The second-order valence-electron chi connectivity index (χ2n) is 4.34. The molecule has 0 aliphatic heterocycles. The van der Waals surface area contributed by atoms with E-state index in [9.17, 15) is 13.2 Å². The van der Waals surface area contributed by atoms with Crippen LogP contribution in [-0.4, -0.2) is 9.52 Å². The third-order valence-corrected chi connectivity index (χ3v) is 4.60. The van der Waals surface area contributed by atoms with E-state index in [1.807, 2.05) is 30.3 Å². The van der Waals surface area contributed by atoms with Gasteiger partial charge in [-0.05, 0) is 17.7 Å². The molecule has 0 saturated heterocycles. The van der Waals surface area contributed by atoms with Crippen molar-refractivity contribution in [3.63, 3.8) is 0 Å². The van der Waals surface area contributed by atoms with Gasteiger partial charge in [0.2, 0.25) is 0 Å². The van der Waals surface area contributed by atoms with Crippen LogP contribution in [0.1, 0.15) is 11.1 Å². The third-order valence-electron chi connectivity index (χ3n) is 2.88. The van der Waals surface area contributed by atoms with Crippen molar-refractivity contribution < 1.29 is 13.2 Å². The highest BCUT2D eigenvalue weighted by Gasteiger charge is 2.29. The summed E-state index contributed by atoms with van der Waals surface area (Å²) in [7, 11) is -0.707. The van der Waals surface area contributed by atoms with Crippen LogP contribution in [0.2, 0.25) is 0 Å². The van der Waals surface area contributed by atoms with Crippen molar-refractivity contribution in [3.05, 3.63) is 72.3 Å². The second-order valence-corrected chi connectivity index (χ2v) is 6.36. The van der Waals surface area contributed by atoms with Gasteiger partial charge in [0.25, 0.3) is 0 Å². The van der Waals surface area contributed by atoms with Crippen molar-refractivity contribution in [1.82, 2.24) is 0 Å². The molecule has 0 aromatic heterocycles. The Labute approximate surface area is 112 Å². The quantitative estimate of drug-likeness (QED) is 0.757. The van der Waals surface area contributed by atoms with Crippen LogP contribution < -0.4 is 5.19 Å². The van der Waals surface area contributed by atoms with Gasteiger partial charge in [-0.1, -0.05) is 59.4 Å². The van der Waals surface area contributed by atoms with Crippen molar-refractivity contribution in [1.29, 1.82) is 0 Å². The van der Waals surface area contributed by atoms with Crippen LogP contribution >= 0.6 is 0 Å². The van der Waals surface area contributed by atoms with Gasteiger partial charge in [-0.3, -0.25) is 0 Å². The Kier molecular flexibility index (Phi) is 3.90. The molecule has 0 spiro atoms. The summed E-state index contributed by atoms with van der Waals surface area (Å²) >= 11 is 0. The normalized spacial score (nSPS) is 11.9. The highest BCUT2D eigenvalue weighted by molar-refractivity contribution is 6.72. The van der Waals surface area contributed by atoms with Crippen molar-refractivity contribution in [2.24, 2.45) is 0 Å². The number of halogens is 3. The molecule has 0 aliphatic rings. The van der Waals surface area contributed by atoms with E-state index in [1.165, 1.54) is 17.3 Å². The number of hydrogen-bond acceptors (Lipinski definition) is 0. The predicted molar refractivity (Wildman–Crippen MR) is 75.1 cm³/mol. The minimum absolute atomic E-state index is 0.620. The smallest absolute Gasteiger partial charge is 0.166 e. The molecular formula is C15H13F3Si. The average Bonchev–Trinajstić information content (AvgIpc) is 2.39. The summed E-state index contributed by atoms with van der Waals surface area (Å²) in [5.41, 5.74) is 0.175. The molecular weight excluding hydrogens is 265 g/mol. The molecule has 0 fully saturated rings. The molecule has 2 aromatic rings. The van der Waals surface area contributed by atoms with Gasteiger partial charge in [0.05, 0.1) is 15.1 Å². The van der Waals surface area contributed by atoms with E-state index < -0.39 is 21.3 Å². The van der Waals surface area contributed by atoms with E-state index in [4.69, 9.17) is 0 Å². The zero-order chi connectivity index (χ0) is 13.9. The lowest BCUT2D eigenvalue weighted by Gasteiger charge is -2.09. The molecule has 2 rings (SSSR count). The van der Waals surface area contributed by atoms with Crippen LogP contribution in [0.5, 0.6) is 0 Å². The molecule has 0 amide bonds. The van der Waals surface area contributed by atoms with Crippen LogP contribution in [0.3, 0.4) is 0 Å². The van der Waals surface area contributed by atoms with Gasteiger partial charge in [-0.25, -0.2) is 0 Å². The van der Waals surface area contributed by atoms with Gasteiger partial charge in [0.1, 0.15) is 0 Å². The molecule has 0 N–H and O–H groups in total. The monoisotopic (exact) mass is 278 g/mol. The van der Waals surface area contributed by atoms with E-state index in [0.717, 1.165) is 22.9 Å². The molecule has 0 bridgehead atoms. The van der Waals surface area contributed by atoms with Crippen LogP contribution in [0.15, 0.2) is 61.2 Å². The lowest BCUT2D eigenvalue weighted by Crippen LogP contribution is -2.14. The fourth-order valence-corrected chi connectivity index (χ4v) is 3.28. The Morgan fingerprint density at radius 2 is 1.47 bits per heavy atom. The Balaban J connectivity index is 2.12. The SMILES string of the molecule is C=C([SiH2]c1ccccc1)c1ccc(C(F)(F)F)cc1. The minimum atomic E-state index is -4.28. The first kappa shape index (κ1) is 13.6. The van der Waals surface area contributed by atoms with Gasteiger partial charge in [-0.15, -0.1) is 0 Å². The molecule has 0 radical (unpaired) electrons. The number of benzene rings is 2. The number of hydrogen-bond donors (Lipinski definition) is 0. The molecule has 2 aromatic carbocycles. The van der Waals surface area contributed by atoms with Crippen LogP contribution in [0, 0.1) is 0 Å². The molecule has 0 unspecified atom stereocenters. The maximum atomic E-state index is 12.5. The highest BCUT2D eigenvalue weighted by Crippen LogP contribution is 2.29. The van der Waals surface area contributed by atoms with Crippen molar-refractivity contribution in [2.75, 3.05) is 0 Å². The number of rotatable bonds is 3. The van der Waals surface area contributed by atoms with Gasteiger partial charge in [-0.2, -0.15) is 13.2 Å². The Morgan fingerprint density at radius 3 is 2.00 bits per heavy atom. The van der Waals surface area contributed by atoms with Crippen molar-refractivity contribution >= 4 is 19.9 Å². The topological polar surface area (TPSA) is 0 Å². The van der Waals surface area contributed by atoms with Gasteiger partial charge >= 0.3 is 6.18 Å². The molecule has 0 aliphatic carbocycles. The lowest BCUT2D eigenvalue weighted by atomic mass is 10.1. The maximum absolute atomic E-state index is 12.5. The average molecular weight is 278 g/mol. The van der Waals surface area contributed by atoms with E-state index in [2.05, 4.69) is 6.58 Å². The first-order valence-corrected chi connectivity index (χ1v) is 7.27. The third kappa shape index (κ3) is 3.58. The molecule has 4 heteroatoms. The Morgan fingerprint density at radius 1 is 0.895 bits per heavy atom. The largest absolute Gasteiger partial charge is 0.416 e. The Hall–Kier alpha value is -1.81. The minimum Gasteiger partial charge on any atom is -0.166 e. The van der Waals surface area contributed by atoms with Gasteiger partial charge in [0, 0.05) is 0 Å². The molecule has 19 heavy (non-hydrogen) atoms. The molecule has 98 valence electrons. The Bertz CT molecular complexity index is 556. The molecule has 0 saturated carbocycles. The lowest BCUT2D eigenvalue weighted by molar-refractivity contribution is -0.137. The van der Waals surface area contributed by atoms with E-state index in [-0.39, 0.29) is 0 Å². The molecule has 0 heterocycles. The van der Waals surface area contributed by atoms with E-state index in [1.54, 1.807) is 0 Å². The summed E-state index contributed by atoms with van der Waals surface area (Å²) in [6.07, 6.45) is -4.28. The summed E-state index contributed by atoms with van der Waals surface area (Å²) in [4.78, 5) is 0. The maximum Gasteiger partial charge on any atom is 0.416 e. The number of alkyl halides is 3. The van der Waals surface area contributed by atoms with Gasteiger partial charge in [0.15, 0.2) is 0 Å². The summed E-state index contributed by atoms with van der Waals surface area (Å²) in [5, 5.41) is 2.17. The summed E-state index contributed by atoms with van der Waals surface area (Å²) in [6, 6.07) is 15.1. The van der Waals surface area contributed by atoms with E-state index in [0.29, 0.717) is 0 Å². The second kappa shape index (κ2) is 5.44. The molecule has 0 atom stereocenters. The highest BCUT2D eigenvalue weighted by atomic mass is 28.2. The predicted octanol–water partition coefficient (Wildman–Crippen LogP) is 3.17. The fraction of sp³-hybridized carbons (Fsp3) is 0.0667. The zero-order valence-corrected chi connectivity index (χ0v) is 11.7. The summed E-state index contributed by atoms with van der Waals surface area (Å²) in [6.45, 7) is 3.99. The first-order valence-electron chi connectivity index (χ1n) is 5.86. The van der Waals surface area contributed by atoms with Crippen molar-refractivity contribution in [3.8, 4) is 0 Å². The van der Waals surface area contributed by atoms with Gasteiger partial charge < -0.3 is 0 Å². The van der Waals surface area contributed by atoms with E-state index >= 15 is 0 Å². The van der Waals surface area contributed by atoms with Crippen molar-refractivity contribution in [2.45, 2.75) is 6.18 Å². The van der Waals surface area contributed by atoms with Crippen LogP contribution in [0.25, 0.3) is 5.20 Å². The fourth-order valence-electron chi connectivity index (χ4n) is 1.84. The molecule has 0 nitrogen and oxygen atoms in total. The van der Waals surface area contributed by atoms with Crippen LogP contribution in [-0.2, 0) is 6.18 Å². The standard InChI is InChI=1S/C15H13F3Si/c1-11(19-14-5-3-2-4-6-14)12-7-9-13(10-8-12)15(16,17)18/h2-10H,1,19H2.